The van der Waals surface area contributed by atoms with Crippen LogP contribution in [-0.2, 0) is 0 Å². The molecule has 5 heteroatoms. The van der Waals surface area contributed by atoms with Gasteiger partial charge in [-0.05, 0) is 32.6 Å². The first-order valence-corrected chi connectivity index (χ1v) is 6.29. The summed E-state index contributed by atoms with van der Waals surface area (Å²) in [4.78, 5) is 18.3. The van der Waals surface area contributed by atoms with Crippen molar-refractivity contribution in [1.82, 2.24) is 15.3 Å². The van der Waals surface area contributed by atoms with E-state index in [2.05, 4.69) is 20.6 Å². The highest BCUT2D eigenvalue weighted by molar-refractivity contribution is 5.34. The molecule has 1 aromatic rings. The van der Waals surface area contributed by atoms with Gasteiger partial charge in [0.1, 0.15) is 11.6 Å². The number of piperidine rings is 1. The number of aryl methyl sites for hydroxylation is 1. The Balaban J connectivity index is 1.72. The predicted octanol–water partition coefficient (Wildman–Crippen LogP) is 0.773. The summed E-state index contributed by atoms with van der Waals surface area (Å²) in [5.41, 5.74) is -0.0862. The Kier molecular flexibility index (Phi) is 2.63. The summed E-state index contributed by atoms with van der Waals surface area (Å²) in [6.07, 6.45) is 4.82. The van der Waals surface area contributed by atoms with Crippen LogP contribution in [0.4, 0.5) is 5.82 Å². The van der Waals surface area contributed by atoms with Crippen LogP contribution in [0.5, 0.6) is 0 Å². The van der Waals surface area contributed by atoms with E-state index < -0.39 is 0 Å². The van der Waals surface area contributed by atoms with Gasteiger partial charge in [-0.15, -0.1) is 0 Å². The van der Waals surface area contributed by atoms with E-state index in [1.165, 1.54) is 18.9 Å². The average Bonchev–Trinajstić information content (AvgIpc) is 2.56. The molecule has 1 aromatic heterocycles. The molecular weight excluding hydrogens is 216 g/mol. The van der Waals surface area contributed by atoms with Crippen molar-refractivity contribution in [3.63, 3.8) is 0 Å². The zero-order chi connectivity index (χ0) is 11.8. The van der Waals surface area contributed by atoms with Crippen molar-refractivity contribution in [3.05, 3.63) is 22.2 Å². The fourth-order valence-corrected chi connectivity index (χ4v) is 3.04. The summed E-state index contributed by atoms with van der Waals surface area (Å²) in [7, 11) is 0. The number of H-pyrrole nitrogens is 1. The third-order valence-corrected chi connectivity index (χ3v) is 3.69. The topological polar surface area (TPSA) is 69.8 Å². The summed E-state index contributed by atoms with van der Waals surface area (Å²) in [6.45, 7) is 1.80. The van der Waals surface area contributed by atoms with Crippen LogP contribution in [0, 0.1) is 6.92 Å². The standard InChI is InChI=1S/C12H18N4O/c1-7-13-11(6-12(17)14-7)16-10-4-8-2-3-9(5-10)15-8/h6,8-10,15H,2-5H2,1H3,(H2,13,14,16,17). The van der Waals surface area contributed by atoms with E-state index in [4.69, 9.17) is 0 Å². The van der Waals surface area contributed by atoms with Gasteiger partial charge in [0.2, 0.25) is 0 Å². The first-order valence-electron chi connectivity index (χ1n) is 6.29. The molecule has 2 aliphatic rings. The molecule has 3 heterocycles. The van der Waals surface area contributed by atoms with Crippen LogP contribution in [0.2, 0.25) is 0 Å². The lowest BCUT2D eigenvalue weighted by Gasteiger charge is -2.30. The first-order chi connectivity index (χ1) is 8.19. The Labute approximate surface area is 100 Å². The van der Waals surface area contributed by atoms with Gasteiger partial charge in [-0.2, -0.15) is 0 Å². The van der Waals surface area contributed by atoms with E-state index in [0.29, 0.717) is 29.8 Å². The second-order valence-electron chi connectivity index (χ2n) is 5.17. The van der Waals surface area contributed by atoms with Gasteiger partial charge in [-0.3, -0.25) is 4.79 Å². The molecule has 0 radical (unpaired) electrons. The summed E-state index contributed by atoms with van der Waals surface area (Å²) in [5.74, 6) is 1.37. The van der Waals surface area contributed by atoms with Crippen LogP contribution in [0.15, 0.2) is 10.9 Å². The molecule has 2 fully saturated rings. The Morgan fingerprint density at radius 3 is 2.71 bits per heavy atom. The number of nitrogens with one attached hydrogen (secondary N) is 3. The molecule has 2 unspecified atom stereocenters. The van der Waals surface area contributed by atoms with Crippen molar-refractivity contribution in [1.29, 1.82) is 0 Å². The summed E-state index contributed by atoms with van der Waals surface area (Å²) < 4.78 is 0. The minimum absolute atomic E-state index is 0.0862. The van der Waals surface area contributed by atoms with Gasteiger partial charge in [-0.1, -0.05) is 0 Å². The Hall–Kier alpha value is -1.36. The van der Waals surface area contributed by atoms with Crippen LogP contribution >= 0.6 is 0 Å². The van der Waals surface area contributed by atoms with Crippen molar-refractivity contribution < 1.29 is 0 Å². The minimum atomic E-state index is -0.0862. The zero-order valence-electron chi connectivity index (χ0n) is 9.99. The van der Waals surface area contributed by atoms with Crippen molar-refractivity contribution in [3.8, 4) is 0 Å². The highest BCUT2D eigenvalue weighted by atomic mass is 16.1. The third-order valence-electron chi connectivity index (χ3n) is 3.69. The van der Waals surface area contributed by atoms with Crippen LogP contribution in [0.1, 0.15) is 31.5 Å². The second-order valence-corrected chi connectivity index (χ2v) is 5.17. The lowest BCUT2D eigenvalue weighted by Crippen LogP contribution is -2.43. The quantitative estimate of drug-likeness (QED) is 0.707. The lowest BCUT2D eigenvalue weighted by molar-refractivity contribution is 0.377. The van der Waals surface area contributed by atoms with Gasteiger partial charge in [0.15, 0.2) is 0 Å². The molecule has 2 saturated heterocycles. The van der Waals surface area contributed by atoms with Crippen molar-refractivity contribution >= 4 is 5.82 Å². The van der Waals surface area contributed by atoms with E-state index in [-0.39, 0.29) is 5.56 Å². The SMILES string of the molecule is Cc1nc(NC2CC3CCC(C2)N3)cc(=O)[nH]1. The summed E-state index contributed by atoms with van der Waals surface area (Å²) in [6, 6.07) is 3.28. The molecule has 5 nitrogen and oxygen atoms in total. The maximum absolute atomic E-state index is 11.3. The van der Waals surface area contributed by atoms with Crippen LogP contribution in [0.3, 0.4) is 0 Å². The van der Waals surface area contributed by atoms with Gasteiger partial charge >= 0.3 is 0 Å². The normalized spacial score (nSPS) is 31.5. The molecule has 2 atom stereocenters. The van der Waals surface area contributed by atoms with Gasteiger partial charge in [-0.25, -0.2) is 4.98 Å². The second kappa shape index (κ2) is 4.14. The molecule has 0 aromatic carbocycles. The van der Waals surface area contributed by atoms with Crippen LogP contribution in [-0.4, -0.2) is 28.1 Å². The van der Waals surface area contributed by atoms with E-state index in [1.807, 2.05) is 0 Å². The van der Waals surface area contributed by atoms with Gasteiger partial charge < -0.3 is 15.6 Å². The molecule has 0 saturated carbocycles. The molecular formula is C12H18N4O. The van der Waals surface area contributed by atoms with Crippen molar-refractivity contribution in [2.24, 2.45) is 0 Å². The number of rotatable bonds is 2. The molecule has 0 spiro atoms. The fraction of sp³-hybridized carbons (Fsp3) is 0.667. The Morgan fingerprint density at radius 1 is 1.35 bits per heavy atom. The summed E-state index contributed by atoms with van der Waals surface area (Å²) in [5, 5.41) is 6.99. The van der Waals surface area contributed by atoms with Gasteiger partial charge in [0.25, 0.3) is 5.56 Å². The number of anilines is 1. The molecule has 92 valence electrons. The lowest BCUT2D eigenvalue weighted by atomic mass is 10.00. The smallest absolute Gasteiger partial charge is 0.252 e. The predicted molar refractivity (Wildman–Crippen MR) is 66.2 cm³/mol. The van der Waals surface area contributed by atoms with Crippen molar-refractivity contribution in [2.45, 2.75) is 50.7 Å². The molecule has 2 bridgehead atoms. The van der Waals surface area contributed by atoms with Gasteiger partial charge in [0, 0.05) is 24.2 Å². The number of nitrogens with zero attached hydrogens (tertiary/aromatic N) is 1. The Bertz CT molecular complexity index is 458. The minimum Gasteiger partial charge on any atom is -0.367 e. The number of hydrogen-bond donors (Lipinski definition) is 3. The van der Waals surface area contributed by atoms with E-state index in [1.54, 1.807) is 6.92 Å². The Morgan fingerprint density at radius 2 is 2.06 bits per heavy atom. The number of aromatic nitrogens is 2. The maximum atomic E-state index is 11.3. The average molecular weight is 234 g/mol. The molecule has 3 N–H and O–H groups in total. The maximum Gasteiger partial charge on any atom is 0.252 e. The van der Waals surface area contributed by atoms with E-state index >= 15 is 0 Å². The highest BCUT2D eigenvalue weighted by Crippen LogP contribution is 2.28. The molecule has 2 aliphatic heterocycles. The highest BCUT2D eigenvalue weighted by Gasteiger charge is 2.33. The first kappa shape index (κ1) is 10.8. The largest absolute Gasteiger partial charge is 0.367 e. The summed E-state index contributed by atoms with van der Waals surface area (Å²) >= 11 is 0. The van der Waals surface area contributed by atoms with E-state index in [0.717, 1.165) is 12.8 Å². The number of hydrogen-bond acceptors (Lipinski definition) is 4. The van der Waals surface area contributed by atoms with Gasteiger partial charge in [0.05, 0.1) is 0 Å². The fourth-order valence-electron chi connectivity index (χ4n) is 3.04. The monoisotopic (exact) mass is 234 g/mol. The molecule has 17 heavy (non-hydrogen) atoms. The number of aromatic amines is 1. The molecule has 0 amide bonds. The zero-order valence-corrected chi connectivity index (χ0v) is 9.99. The van der Waals surface area contributed by atoms with E-state index in [9.17, 15) is 4.79 Å². The number of fused-ring (bicyclic) bond motifs is 2. The molecule has 3 rings (SSSR count). The molecule has 0 aliphatic carbocycles. The van der Waals surface area contributed by atoms with Crippen LogP contribution in [0.25, 0.3) is 0 Å². The van der Waals surface area contributed by atoms with Crippen LogP contribution < -0.4 is 16.2 Å². The van der Waals surface area contributed by atoms with Crippen molar-refractivity contribution in [2.75, 3.05) is 5.32 Å². The third kappa shape index (κ3) is 2.34.